The Hall–Kier alpha value is -0.705. The second kappa shape index (κ2) is 9.12. The number of aliphatic hydroxyl groups is 1. The maximum Gasteiger partial charge on any atom is 0.451 e. The zero-order valence-electron chi connectivity index (χ0n) is 14.9. The average molecular weight is 345 g/mol. The molecule has 0 aliphatic carbocycles. The van der Waals surface area contributed by atoms with Crippen molar-refractivity contribution in [2.45, 2.75) is 69.7 Å². The highest BCUT2D eigenvalue weighted by molar-refractivity contribution is 6.40. The first-order chi connectivity index (χ1) is 11.1. The van der Waals surface area contributed by atoms with E-state index in [4.69, 9.17) is 15.8 Å². The Bertz CT molecular complexity index is 413. The first-order valence-electron chi connectivity index (χ1n) is 8.61. The minimum Gasteiger partial charge on any atom is -0.480 e. The van der Waals surface area contributed by atoms with E-state index in [0.29, 0.717) is 32.2 Å². The van der Waals surface area contributed by atoms with Crippen LogP contribution < -0.4 is 11.1 Å². The molecule has 9 heteroatoms. The molecule has 1 unspecified atom stereocenters. The maximum atomic E-state index is 11.8. The van der Waals surface area contributed by atoms with Crippen LogP contribution in [-0.2, 0) is 4.79 Å². The van der Waals surface area contributed by atoms with E-state index in [1.54, 1.807) is 11.9 Å². The topological polar surface area (TPSA) is 139 Å². The van der Waals surface area contributed by atoms with Crippen molar-refractivity contribution in [3.05, 3.63) is 0 Å². The Balaban J connectivity index is 2.65. The summed E-state index contributed by atoms with van der Waals surface area (Å²) in [5.74, 6) is -0.795. The molecule has 4 atom stereocenters. The summed E-state index contributed by atoms with van der Waals surface area (Å²) in [6, 6.07) is -0.523. The zero-order chi connectivity index (χ0) is 18.5. The summed E-state index contributed by atoms with van der Waals surface area (Å²) in [5, 5.41) is 40.8. The van der Waals surface area contributed by atoms with Gasteiger partial charge in [-0.3, -0.25) is 9.69 Å². The zero-order valence-corrected chi connectivity index (χ0v) is 14.9. The predicted molar refractivity (Wildman–Crippen MR) is 92.2 cm³/mol. The van der Waals surface area contributed by atoms with Gasteiger partial charge in [0.1, 0.15) is 11.8 Å². The third-order valence-electron chi connectivity index (χ3n) is 5.09. The van der Waals surface area contributed by atoms with E-state index in [0.717, 1.165) is 0 Å². The average Bonchev–Trinajstić information content (AvgIpc) is 2.95. The molecule has 1 saturated heterocycles. The van der Waals surface area contributed by atoms with Crippen molar-refractivity contribution in [1.29, 1.82) is 0 Å². The van der Waals surface area contributed by atoms with Crippen molar-refractivity contribution in [2.75, 3.05) is 13.6 Å². The van der Waals surface area contributed by atoms with Gasteiger partial charge in [0.2, 0.25) is 0 Å². The van der Waals surface area contributed by atoms with Crippen LogP contribution in [0.2, 0.25) is 6.32 Å². The largest absolute Gasteiger partial charge is 0.480 e. The van der Waals surface area contributed by atoms with Crippen LogP contribution in [0, 0.1) is 5.92 Å². The van der Waals surface area contributed by atoms with E-state index in [2.05, 4.69) is 5.32 Å². The third-order valence-corrected chi connectivity index (χ3v) is 5.09. The molecule has 140 valence electrons. The molecule has 0 aromatic rings. The molecule has 1 aliphatic rings. The molecular formula is C15H32BN3O5. The number of unbranched alkanes of at least 4 members (excludes halogenated alkanes) is 1. The van der Waals surface area contributed by atoms with Crippen LogP contribution in [0.1, 0.15) is 39.5 Å². The minimum absolute atomic E-state index is 0.117. The van der Waals surface area contributed by atoms with E-state index in [9.17, 15) is 15.0 Å². The van der Waals surface area contributed by atoms with E-state index < -0.39 is 30.9 Å². The van der Waals surface area contributed by atoms with Crippen molar-refractivity contribution in [1.82, 2.24) is 10.2 Å². The van der Waals surface area contributed by atoms with Gasteiger partial charge in [0.25, 0.3) is 0 Å². The van der Waals surface area contributed by atoms with Gasteiger partial charge >= 0.3 is 13.1 Å². The van der Waals surface area contributed by atoms with Gasteiger partial charge in [0.15, 0.2) is 0 Å². The van der Waals surface area contributed by atoms with Crippen molar-refractivity contribution < 1.29 is 25.1 Å². The van der Waals surface area contributed by atoms with Crippen LogP contribution in [-0.4, -0.2) is 75.7 Å². The second-order valence-electron chi connectivity index (χ2n) is 7.25. The van der Waals surface area contributed by atoms with Crippen molar-refractivity contribution in [3.8, 4) is 0 Å². The molecule has 0 aromatic carbocycles. The van der Waals surface area contributed by atoms with Crippen LogP contribution in [0.25, 0.3) is 0 Å². The van der Waals surface area contributed by atoms with Gasteiger partial charge in [-0.05, 0) is 32.1 Å². The lowest BCUT2D eigenvalue weighted by molar-refractivity contribution is -0.145. The van der Waals surface area contributed by atoms with Gasteiger partial charge in [-0.15, -0.1) is 0 Å². The molecule has 1 rings (SSSR count). The highest BCUT2D eigenvalue weighted by Gasteiger charge is 2.47. The van der Waals surface area contributed by atoms with Crippen LogP contribution in [0.15, 0.2) is 0 Å². The Morgan fingerprint density at radius 3 is 2.54 bits per heavy atom. The van der Waals surface area contributed by atoms with Crippen LogP contribution >= 0.6 is 0 Å². The van der Waals surface area contributed by atoms with Crippen LogP contribution in [0.3, 0.4) is 0 Å². The Morgan fingerprint density at radius 1 is 1.42 bits per heavy atom. The summed E-state index contributed by atoms with van der Waals surface area (Å²) in [6.07, 6.45) is 1.33. The predicted octanol–water partition coefficient (Wildman–Crippen LogP) is -0.952. The molecule has 0 radical (unpaired) electrons. The third kappa shape index (κ3) is 5.40. The van der Waals surface area contributed by atoms with Gasteiger partial charge in [0, 0.05) is 18.6 Å². The highest BCUT2D eigenvalue weighted by Crippen LogP contribution is 2.29. The fourth-order valence-electron chi connectivity index (χ4n) is 3.19. The van der Waals surface area contributed by atoms with E-state index in [1.807, 2.05) is 13.8 Å². The molecule has 0 spiro atoms. The number of nitrogens with one attached hydrogen (secondary N) is 1. The number of aliphatic hydroxyl groups excluding tert-OH is 1. The molecule has 7 N–H and O–H groups in total. The van der Waals surface area contributed by atoms with Crippen molar-refractivity contribution >= 4 is 13.1 Å². The lowest BCUT2D eigenvalue weighted by atomic mass is 9.81. The lowest BCUT2D eigenvalue weighted by Gasteiger charge is -2.34. The summed E-state index contributed by atoms with van der Waals surface area (Å²) in [7, 11) is 0.410. The number of rotatable bonds is 10. The van der Waals surface area contributed by atoms with Gasteiger partial charge in [-0.1, -0.05) is 26.7 Å². The first kappa shape index (κ1) is 21.3. The second-order valence-corrected chi connectivity index (χ2v) is 7.25. The molecule has 1 aliphatic heterocycles. The maximum absolute atomic E-state index is 11.8. The SMILES string of the molecule is CC(C)[C@H](N)C(O)N(C)[C@H]1CN[C@@](CCCCB(O)O)(C(=O)O)C1. The number of hydrogen-bond acceptors (Lipinski definition) is 7. The molecule has 0 aromatic heterocycles. The molecule has 1 fully saturated rings. The number of hydrogen-bond donors (Lipinski definition) is 6. The normalized spacial score (nSPS) is 26.8. The standard InChI is InChI=1S/C15H32BN3O5/c1-10(2)12(17)13(20)19(3)11-8-15(14(21)22,18-9-11)6-4-5-7-16(23)24/h10-13,18,20,23-24H,4-9,17H2,1-3H3,(H,21,22)/t11-,12+,13?,15-/m1/s1. The van der Waals surface area contributed by atoms with Crippen molar-refractivity contribution in [3.63, 3.8) is 0 Å². The number of carboxylic acids is 1. The lowest BCUT2D eigenvalue weighted by Crippen LogP contribution is -2.53. The Labute approximate surface area is 144 Å². The Morgan fingerprint density at radius 2 is 2.04 bits per heavy atom. The van der Waals surface area contributed by atoms with E-state index in [-0.39, 0.29) is 18.3 Å². The van der Waals surface area contributed by atoms with Gasteiger partial charge < -0.3 is 31.3 Å². The smallest absolute Gasteiger partial charge is 0.451 e. The van der Waals surface area contributed by atoms with E-state index in [1.165, 1.54) is 0 Å². The van der Waals surface area contributed by atoms with Crippen LogP contribution in [0.5, 0.6) is 0 Å². The number of likely N-dealkylation sites (N-methyl/N-ethyl adjacent to an activating group) is 1. The molecule has 0 amide bonds. The molecular weight excluding hydrogens is 313 g/mol. The van der Waals surface area contributed by atoms with Gasteiger partial charge in [0.05, 0.1) is 0 Å². The molecule has 0 saturated carbocycles. The van der Waals surface area contributed by atoms with Gasteiger partial charge in [-0.2, -0.15) is 0 Å². The first-order valence-corrected chi connectivity index (χ1v) is 8.61. The number of nitrogens with two attached hydrogens (primary N) is 1. The number of carbonyl (C=O) groups is 1. The fourth-order valence-corrected chi connectivity index (χ4v) is 3.19. The summed E-state index contributed by atoms with van der Waals surface area (Å²) in [5.41, 5.74) is 4.97. The summed E-state index contributed by atoms with van der Waals surface area (Å²) < 4.78 is 0. The monoisotopic (exact) mass is 345 g/mol. The quantitative estimate of drug-likeness (QED) is 0.169. The molecule has 8 nitrogen and oxygen atoms in total. The van der Waals surface area contributed by atoms with Gasteiger partial charge in [-0.25, -0.2) is 0 Å². The highest BCUT2D eigenvalue weighted by atomic mass is 16.4. The number of aliphatic carboxylic acids is 1. The summed E-state index contributed by atoms with van der Waals surface area (Å²) in [4.78, 5) is 13.5. The van der Waals surface area contributed by atoms with E-state index >= 15 is 0 Å². The number of carboxylic acid groups (broad SMARTS) is 1. The minimum atomic E-state index is -1.35. The fraction of sp³-hybridized carbons (Fsp3) is 0.933. The summed E-state index contributed by atoms with van der Waals surface area (Å²) in [6.45, 7) is 4.34. The molecule has 24 heavy (non-hydrogen) atoms. The molecule has 0 bridgehead atoms. The number of nitrogens with zero attached hydrogens (tertiary/aromatic N) is 1. The molecule has 1 heterocycles. The van der Waals surface area contributed by atoms with Crippen LogP contribution in [0.4, 0.5) is 0 Å². The summed E-state index contributed by atoms with van der Waals surface area (Å²) >= 11 is 0. The van der Waals surface area contributed by atoms with Crippen molar-refractivity contribution in [2.24, 2.45) is 11.7 Å². The Kier molecular flexibility index (Phi) is 8.11.